The molecule has 0 saturated heterocycles. The number of aromatic nitrogens is 1. The molecule has 1 heterocycles. The van der Waals surface area contributed by atoms with Crippen molar-refractivity contribution in [1.29, 1.82) is 0 Å². The van der Waals surface area contributed by atoms with Crippen LogP contribution in [-0.4, -0.2) is 22.5 Å². The quantitative estimate of drug-likeness (QED) is 0.450. The Balaban J connectivity index is 1.67. The maximum atomic E-state index is 12.6. The zero-order valence-electron chi connectivity index (χ0n) is 17.3. The van der Waals surface area contributed by atoms with Gasteiger partial charge in [-0.2, -0.15) is 5.10 Å². The number of rotatable bonds is 5. The second-order valence-electron chi connectivity index (χ2n) is 7.19. The molecule has 7 heteroatoms. The number of halogens is 1. The van der Waals surface area contributed by atoms with Gasteiger partial charge in [0.15, 0.2) is 0 Å². The van der Waals surface area contributed by atoms with Crippen LogP contribution in [0.25, 0.3) is 10.9 Å². The van der Waals surface area contributed by atoms with Crippen molar-refractivity contribution in [3.05, 3.63) is 69.9 Å². The van der Waals surface area contributed by atoms with Gasteiger partial charge in [0.2, 0.25) is 5.91 Å². The summed E-state index contributed by atoms with van der Waals surface area (Å²) in [5, 5.41) is 8.35. The summed E-state index contributed by atoms with van der Waals surface area (Å²) in [5.74, 6) is -0.608. The summed E-state index contributed by atoms with van der Waals surface area (Å²) < 4.78 is 0. The van der Waals surface area contributed by atoms with Gasteiger partial charge < -0.3 is 5.32 Å². The molecule has 3 aromatic rings. The Morgan fingerprint density at radius 1 is 1.10 bits per heavy atom. The van der Waals surface area contributed by atoms with Crippen molar-refractivity contribution in [3.63, 3.8) is 0 Å². The summed E-state index contributed by atoms with van der Waals surface area (Å²) in [4.78, 5) is 29.4. The molecule has 0 spiro atoms. The Kier molecular flexibility index (Phi) is 6.47. The highest BCUT2D eigenvalue weighted by Gasteiger charge is 2.13. The van der Waals surface area contributed by atoms with E-state index < -0.39 is 0 Å². The fraction of sp³-hybridized carbons (Fsp3) is 0.217. The van der Waals surface area contributed by atoms with E-state index in [1.54, 1.807) is 38.1 Å². The fourth-order valence-corrected chi connectivity index (χ4v) is 3.26. The minimum atomic E-state index is -0.367. The van der Waals surface area contributed by atoms with Crippen LogP contribution in [-0.2, 0) is 4.79 Å². The summed E-state index contributed by atoms with van der Waals surface area (Å²) >= 11 is 6.08. The number of anilines is 1. The van der Waals surface area contributed by atoms with E-state index in [-0.39, 0.29) is 18.2 Å². The molecule has 0 fully saturated rings. The number of aryl methyl sites for hydroxylation is 2. The molecule has 154 valence electrons. The van der Waals surface area contributed by atoms with E-state index in [4.69, 9.17) is 11.6 Å². The molecular weight excluding hydrogens is 400 g/mol. The van der Waals surface area contributed by atoms with Crippen LogP contribution in [0.15, 0.2) is 47.6 Å². The van der Waals surface area contributed by atoms with E-state index in [0.717, 1.165) is 22.0 Å². The van der Waals surface area contributed by atoms with Crippen molar-refractivity contribution in [2.24, 2.45) is 5.10 Å². The SMILES string of the molecule is C/C(CC(=O)Nc1cccc(Cl)c1C)=N/NC(=O)c1cc2cccc(C)c2nc1C. The number of hydrazone groups is 1. The van der Waals surface area contributed by atoms with E-state index in [1.165, 1.54) is 0 Å². The van der Waals surface area contributed by atoms with Gasteiger partial charge in [0, 0.05) is 21.8 Å². The van der Waals surface area contributed by atoms with E-state index in [9.17, 15) is 9.59 Å². The third-order valence-electron chi connectivity index (χ3n) is 4.79. The lowest BCUT2D eigenvalue weighted by Gasteiger charge is -2.10. The number of carbonyl (C=O) groups excluding carboxylic acids is 2. The van der Waals surface area contributed by atoms with Gasteiger partial charge in [0.1, 0.15) is 0 Å². The lowest BCUT2D eigenvalue weighted by atomic mass is 10.1. The number of pyridine rings is 1. The topological polar surface area (TPSA) is 83.5 Å². The number of hydrogen-bond acceptors (Lipinski definition) is 4. The Morgan fingerprint density at radius 3 is 2.60 bits per heavy atom. The van der Waals surface area contributed by atoms with Gasteiger partial charge >= 0.3 is 0 Å². The van der Waals surface area contributed by atoms with Gasteiger partial charge in [0.05, 0.1) is 23.2 Å². The minimum absolute atomic E-state index is 0.0420. The molecule has 0 radical (unpaired) electrons. The van der Waals surface area contributed by atoms with Gasteiger partial charge in [-0.15, -0.1) is 0 Å². The number of amides is 2. The first kappa shape index (κ1) is 21.5. The zero-order valence-corrected chi connectivity index (χ0v) is 18.1. The van der Waals surface area contributed by atoms with Gasteiger partial charge in [-0.1, -0.05) is 35.9 Å². The van der Waals surface area contributed by atoms with Gasteiger partial charge in [-0.25, -0.2) is 5.43 Å². The van der Waals surface area contributed by atoms with Crippen LogP contribution in [0.4, 0.5) is 5.69 Å². The Hall–Kier alpha value is -3.25. The number of para-hydroxylation sites is 1. The molecule has 0 bridgehead atoms. The van der Waals surface area contributed by atoms with Crippen LogP contribution in [0, 0.1) is 20.8 Å². The molecule has 2 N–H and O–H groups in total. The van der Waals surface area contributed by atoms with Crippen LogP contribution >= 0.6 is 11.6 Å². The van der Waals surface area contributed by atoms with Crippen molar-refractivity contribution in [2.45, 2.75) is 34.1 Å². The zero-order chi connectivity index (χ0) is 21.8. The smallest absolute Gasteiger partial charge is 0.273 e. The van der Waals surface area contributed by atoms with Crippen molar-refractivity contribution in [2.75, 3.05) is 5.32 Å². The van der Waals surface area contributed by atoms with Crippen molar-refractivity contribution >= 4 is 45.7 Å². The summed E-state index contributed by atoms with van der Waals surface area (Å²) in [6, 6.07) is 13.0. The Morgan fingerprint density at radius 2 is 1.83 bits per heavy atom. The predicted octanol–water partition coefficient (Wildman–Crippen LogP) is 4.95. The van der Waals surface area contributed by atoms with Gasteiger partial charge in [-0.3, -0.25) is 14.6 Å². The average Bonchev–Trinajstić information content (AvgIpc) is 2.70. The monoisotopic (exact) mass is 422 g/mol. The predicted molar refractivity (Wildman–Crippen MR) is 121 cm³/mol. The summed E-state index contributed by atoms with van der Waals surface area (Å²) in [7, 11) is 0. The first-order valence-corrected chi connectivity index (χ1v) is 9.89. The highest BCUT2D eigenvalue weighted by Crippen LogP contribution is 2.23. The Labute approximate surface area is 180 Å². The standard InChI is InChI=1S/C23H23ClN4O2/c1-13-7-5-8-17-12-18(16(4)25-22(13)17)23(30)28-27-14(2)11-21(29)26-20-10-6-9-19(24)15(20)3/h5-10,12H,11H2,1-4H3,(H,26,29)(H,28,30)/b27-14-. The molecule has 0 aliphatic carbocycles. The highest BCUT2D eigenvalue weighted by molar-refractivity contribution is 6.31. The van der Waals surface area contributed by atoms with Crippen molar-refractivity contribution in [3.8, 4) is 0 Å². The number of benzene rings is 2. The third kappa shape index (κ3) is 4.83. The number of carbonyl (C=O) groups is 2. The second-order valence-corrected chi connectivity index (χ2v) is 7.60. The maximum absolute atomic E-state index is 12.6. The highest BCUT2D eigenvalue weighted by atomic mass is 35.5. The van der Waals surface area contributed by atoms with Crippen molar-refractivity contribution in [1.82, 2.24) is 10.4 Å². The molecule has 0 saturated carbocycles. The van der Waals surface area contributed by atoms with Crippen LogP contribution in [0.1, 0.15) is 40.5 Å². The molecule has 0 aliphatic heterocycles. The molecule has 6 nitrogen and oxygen atoms in total. The molecule has 0 atom stereocenters. The van der Waals surface area contributed by atoms with E-state index in [1.807, 2.05) is 32.0 Å². The first-order valence-electron chi connectivity index (χ1n) is 9.51. The molecule has 1 aromatic heterocycles. The molecule has 2 aromatic carbocycles. The lowest BCUT2D eigenvalue weighted by Crippen LogP contribution is -2.22. The summed E-state index contributed by atoms with van der Waals surface area (Å²) in [5.41, 5.74) is 7.43. The Bertz CT molecular complexity index is 1170. The minimum Gasteiger partial charge on any atom is -0.325 e. The van der Waals surface area contributed by atoms with Gasteiger partial charge in [-0.05, 0) is 57.0 Å². The van der Waals surface area contributed by atoms with Crippen LogP contribution in [0.3, 0.4) is 0 Å². The largest absolute Gasteiger partial charge is 0.325 e. The average molecular weight is 423 g/mol. The number of nitrogens with one attached hydrogen (secondary N) is 2. The maximum Gasteiger partial charge on any atom is 0.273 e. The molecule has 0 unspecified atom stereocenters. The normalized spacial score (nSPS) is 11.4. The van der Waals surface area contributed by atoms with Crippen LogP contribution in [0.2, 0.25) is 5.02 Å². The van der Waals surface area contributed by atoms with E-state index >= 15 is 0 Å². The van der Waals surface area contributed by atoms with Crippen LogP contribution < -0.4 is 10.7 Å². The molecule has 0 aliphatic rings. The number of nitrogens with zero attached hydrogens (tertiary/aromatic N) is 2. The lowest BCUT2D eigenvalue weighted by molar-refractivity contribution is -0.115. The number of fused-ring (bicyclic) bond motifs is 1. The first-order chi connectivity index (χ1) is 14.3. The summed E-state index contributed by atoms with van der Waals surface area (Å²) in [6.45, 7) is 7.29. The van der Waals surface area contributed by atoms with Crippen molar-refractivity contribution < 1.29 is 9.59 Å². The molecule has 2 amide bonds. The molecule has 3 rings (SSSR count). The van der Waals surface area contributed by atoms with Gasteiger partial charge in [0.25, 0.3) is 5.91 Å². The summed E-state index contributed by atoms with van der Waals surface area (Å²) in [6.07, 6.45) is 0.0420. The molecular formula is C23H23ClN4O2. The number of hydrogen-bond donors (Lipinski definition) is 2. The van der Waals surface area contributed by atoms with Crippen LogP contribution in [0.5, 0.6) is 0 Å². The van der Waals surface area contributed by atoms with E-state index in [2.05, 4.69) is 20.8 Å². The second kappa shape index (κ2) is 9.05. The molecule has 30 heavy (non-hydrogen) atoms. The van der Waals surface area contributed by atoms with E-state index in [0.29, 0.717) is 27.7 Å². The third-order valence-corrected chi connectivity index (χ3v) is 5.20. The fourth-order valence-electron chi connectivity index (χ4n) is 3.08.